The maximum atomic E-state index is 13.8. The summed E-state index contributed by atoms with van der Waals surface area (Å²) in [6.45, 7) is 3.65. The molecular weight excluding hydrogens is 463 g/mol. The minimum absolute atomic E-state index is 0.224. The van der Waals surface area contributed by atoms with Crippen LogP contribution in [-0.2, 0) is 21.1 Å². The number of rotatable bonds is 5. The van der Waals surface area contributed by atoms with E-state index in [1.54, 1.807) is 57.3 Å². The molecule has 2 aliphatic heterocycles. The normalized spacial score (nSPS) is 15.5. The van der Waals surface area contributed by atoms with Gasteiger partial charge in [0.05, 0.1) is 22.5 Å². The van der Waals surface area contributed by atoms with Crippen LogP contribution in [0, 0.1) is 5.82 Å². The third kappa shape index (κ3) is 4.30. The predicted octanol–water partition coefficient (Wildman–Crippen LogP) is 4.28. The smallest absolute Gasteiger partial charge is 0.258 e. The van der Waals surface area contributed by atoms with Crippen molar-refractivity contribution in [3.8, 4) is 5.75 Å². The monoisotopic (exact) mass is 488 g/mol. The molecule has 36 heavy (non-hydrogen) atoms. The molecule has 5 rings (SSSR count). The maximum absolute atomic E-state index is 13.8. The molecule has 0 unspecified atom stereocenters. The van der Waals surface area contributed by atoms with Gasteiger partial charge < -0.3 is 26.2 Å². The summed E-state index contributed by atoms with van der Waals surface area (Å²) in [6, 6.07) is 16.9. The Hall–Kier alpha value is -4.21. The molecule has 0 aliphatic carbocycles. The number of benzene rings is 3. The lowest BCUT2D eigenvalue weighted by Crippen LogP contribution is -2.49. The van der Waals surface area contributed by atoms with E-state index in [0.29, 0.717) is 51.8 Å². The summed E-state index contributed by atoms with van der Waals surface area (Å²) in [5, 5.41) is 6.08. The molecule has 0 saturated carbocycles. The molecular formula is C27H25FN4O4. The van der Waals surface area contributed by atoms with Gasteiger partial charge >= 0.3 is 0 Å². The molecule has 0 spiro atoms. The van der Waals surface area contributed by atoms with Crippen LogP contribution in [0.1, 0.15) is 30.5 Å². The van der Waals surface area contributed by atoms with Gasteiger partial charge in [-0.2, -0.15) is 4.89 Å². The highest BCUT2D eigenvalue weighted by Crippen LogP contribution is 2.39. The Balaban J connectivity index is 1.56. The van der Waals surface area contributed by atoms with E-state index in [-0.39, 0.29) is 11.8 Å². The predicted molar refractivity (Wildman–Crippen MR) is 135 cm³/mol. The quantitative estimate of drug-likeness (QED) is 0.366. The molecule has 184 valence electrons. The molecule has 0 atom stereocenters. The zero-order valence-electron chi connectivity index (χ0n) is 20.0. The zero-order valence-corrected chi connectivity index (χ0v) is 20.0. The van der Waals surface area contributed by atoms with Gasteiger partial charge in [0.2, 0.25) is 5.91 Å². The van der Waals surface area contributed by atoms with Crippen molar-refractivity contribution in [1.29, 1.82) is 0 Å². The first-order valence-corrected chi connectivity index (χ1v) is 11.3. The van der Waals surface area contributed by atoms with Gasteiger partial charge in [0.1, 0.15) is 12.4 Å². The molecule has 0 saturated heterocycles. The summed E-state index contributed by atoms with van der Waals surface area (Å²) in [6.07, 6.45) is 0. The highest BCUT2D eigenvalue weighted by atomic mass is 19.1. The summed E-state index contributed by atoms with van der Waals surface area (Å²) < 4.78 is 13.8. The van der Waals surface area contributed by atoms with E-state index in [1.165, 1.54) is 17.0 Å². The summed E-state index contributed by atoms with van der Waals surface area (Å²) >= 11 is 0. The molecule has 0 radical (unpaired) electrons. The lowest BCUT2D eigenvalue weighted by molar-refractivity contribution is -0.194. The molecule has 4 N–H and O–H groups in total. The van der Waals surface area contributed by atoms with Crippen molar-refractivity contribution < 1.29 is 23.8 Å². The van der Waals surface area contributed by atoms with Gasteiger partial charge in [-0.05, 0) is 62.4 Å². The largest absolute Gasteiger partial charge is 0.354 e. The number of halogens is 1. The van der Waals surface area contributed by atoms with Crippen LogP contribution < -0.4 is 26.2 Å². The van der Waals surface area contributed by atoms with Crippen LogP contribution in [0.15, 0.2) is 60.7 Å². The van der Waals surface area contributed by atoms with E-state index < -0.39 is 11.4 Å². The van der Waals surface area contributed by atoms with Crippen molar-refractivity contribution in [2.75, 3.05) is 22.6 Å². The fourth-order valence-electron chi connectivity index (χ4n) is 4.20. The van der Waals surface area contributed by atoms with E-state index in [1.807, 2.05) is 12.1 Å². The lowest BCUT2D eigenvalue weighted by atomic mass is 9.99. The van der Waals surface area contributed by atoms with Crippen LogP contribution in [-0.4, -0.2) is 24.4 Å². The van der Waals surface area contributed by atoms with Crippen LogP contribution in [0.4, 0.5) is 21.5 Å². The van der Waals surface area contributed by atoms with Crippen molar-refractivity contribution in [2.45, 2.75) is 26.0 Å². The van der Waals surface area contributed by atoms with Crippen molar-refractivity contribution in [2.24, 2.45) is 5.73 Å². The Morgan fingerprint density at radius 3 is 2.58 bits per heavy atom. The van der Waals surface area contributed by atoms with Crippen LogP contribution in [0.2, 0.25) is 0 Å². The standard InChI is InChI=1S/C27H25FN4O4/c1-27(2,29)26(34)32(3)19-9-7-18(8-10-19)30-24(15-4-5-16-14-35-36-22(16)12-15)23-20-11-6-17(28)13-21(20)31-25(23)33/h4-13,30H,14,29H2,1-3H3,(H,31,33)/b24-23-. The summed E-state index contributed by atoms with van der Waals surface area (Å²) in [7, 11) is 1.67. The summed E-state index contributed by atoms with van der Waals surface area (Å²) in [4.78, 5) is 37.4. The van der Waals surface area contributed by atoms with Crippen LogP contribution in [0.3, 0.4) is 0 Å². The molecule has 2 aliphatic rings. The van der Waals surface area contributed by atoms with E-state index >= 15 is 0 Å². The molecule has 0 aromatic heterocycles. The van der Waals surface area contributed by atoms with Gasteiger partial charge in [-0.15, -0.1) is 0 Å². The fraction of sp³-hybridized carbons (Fsp3) is 0.185. The minimum Gasteiger partial charge on any atom is -0.354 e. The second-order valence-corrected chi connectivity index (χ2v) is 9.32. The number of nitrogens with two attached hydrogens (primary N) is 1. The van der Waals surface area contributed by atoms with Gasteiger partial charge in [-0.25, -0.2) is 4.39 Å². The lowest BCUT2D eigenvalue weighted by Gasteiger charge is -2.26. The van der Waals surface area contributed by atoms with Crippen LogP contribution >= 0.6 is 0 Å². The van der Waals surface area contributed by atoms with E-state index in [4.69, 9.17) is 15.5 Å². The Labute approximate surface area is 207 Å². The number of amides is 2. The first-order chi connectivity index (χ1) is 17.1. The number of carbonyl (C=O) groups is 2. The van der Waals surface area contributed by atoms with Crippen molar-refractivity contribution in [3.05, 3.63) is 83.2 Å². The number of anilines is 3. The third-order valence-electron chi connectivity index (χ3n) is 6.07. The first-order valence-electron chi connectivity index (χ1n) is 11.3. The zero-order chi connectivity index (χ0) is 25.6. The second kappa shape index (κ2) is 8.78. The molecule has 8 nitrogen and oxygen atoms in total. The number of hydrogen-bond donors (Lipinski definition) is 3. The van der Waals surface area contributed by atoms with E-state index in [0.717, 1.165) is 5.56 Å². The van der Waals surface area contributed by atoms with E-state index in [2.05, 4.69) is 10.6 Å². The average molecular weight is 489 g/mol. The SMILES string of the molecule is CN(C(=O)C(C)(C)N)c1ccc(N/C(=C2\C(=O)Nc3cc(F)ccc32)c2ccc3c(c2)OOC3)cc1. The van der Waals surface area contributed by atoms with Crippen molar-refractivity contribution in [1.82, 2.24) is 0 Å². The summed E-state index contributed by atoms with van der Waals surface area (Å²) in [5.74, 6) is -0.464. The number of carbonyl (C=O) groups excluding carboxylic acids is 2. The molecule has 2 amide bonds. The second-order valence-electron chi connectivity index (χ2n) is 9.32. The van der Waals surface area contributed by atoms with Crippen LogP contribution in [0.5, 0.6) is 5.75 Å². The van der Waals surface area contributed by atoms with Crippen LogP contribution in [0.25, 0.3) is 11.3 Å². The first kappa shape index (κ1) is 23.5. The highest BCUT2D eigenvalue weighted by molar-refractivity contribution is 6.37. The molecule has 0 bridgehead atoms. The molecule has 0 fully saturated rings. The molecule has 3 aromatic rings. The van der Waals surface area contributed by atoms with Gasteiger partial charge in [0.25, 0.3) is 5.91 Å². The van der Waals surface area contributed by atoms with Gasteiger partial charge in [-0.3, -0.25) is 9.59 Å². The van der Waals surface area contributed by atoms with Crippen molar-refractivity contribution in [3.63, 3.8) is 0 Å². The number of likely N-dealkylation sites (N-methyl/N-ethyl adjacent to an activating group) is 1. The Morgan fingerprint density at radius 2 is 1.86 bits per heavy atom. The summed E-state index contributed by atoms with van der Waals surface area (Å²) in [5.41, 5.74) is 9.72. The molecule has 2 heterocycles. The fourth-order valence-corrected chi connectivity index (χ4v) is 4.20. The minimum atomic E-state index is -1.01. The Morgan fingerprint density at radius 1 is 1.11 bits per heavy atom. The van der Waals surface area contributed by atoms with E-state index in [9.17, 15) is 14.0 Å². The van der Waals surface area contributed by atoms with Gasteiger partial charge in [-0.1, -0.05) is 12.1 Å². The highest BCUT2D eigenvalue weighted by Gasteiger charge is 2.30. The maximum Gasteiger partial charge on any atom is 0.258 e. The average Bonchev–Trinajstić information content (AvgIpc) is 3.44. The Kier molecular flexibility index (Phi) is 5.74. The molecule has 9 heteroatoms. The number of nitrogens with one attached hydrogen (secondary N) is 2. The number of nitrogens with zero attached hydrogens (tertiary/aromatic N) is 1. The Bertz CT molecular complexity index is 1410. The third-order valence-corrected chi connectivity index (χ3v) is 6.07. The van der Waals surface area contributed by atoms with Gasteiger partial charge in [0.15, 0.2) is 5.75 Å². The number of fused-ring (bicyclic) bond motifs is 2. The molecule has 3 aromatic carbocycles. The topological polar surface area (TPSA) is 106 Å². The number of hydrogen-bond acceptors (Lipinski definition) is 6. The van der Waals surface area contributed by atoms with Gasteiger partial charge in [0, 0.05) is 35.1 Å². The van der Waals surface area contributed by atoms with Crippen molar-refractivity contribution >= 4 is 40.1 Å².